The zero-order chi connectivity index (χ0) is 13.2. The third-order valence-electron chi connectivity index (χ3n) is 3.68. The van der Waals surface area contributed by atoms with Crippen molar-refractivity contribution in [1.82, 2.24) is 19.8 Å². The number of nitrogens with two attached hydrogens (primary N) is 1. The Labute approximate surface area is 111 Å². The Morgan fingerprint density at radius 1 is 1.21 bits per heavy atom. The largest absolute Gasteiger partial charge is 0.335 e. The summed E-state index contributed by atoms with van der Waals surface area (Å²) in [5.41, 5.74) is 2.77. The number of carbonyl (C=O) groups excluding carboxylic acids is 1. The zero-order valence-corrected chi connectivity index (χ0v) is 10.7. The Bertz CT molecular complexity index is 450. The number of nitrogen functional groups attached to an aromatic ring is 1. The minimum absolute atomic E-state index is 0.0495. The number of aromatic nitrogens is 2. The summed E-state index contributed by atoms with van der Waals surface area (Å²) >= 11 is 0. The predicted octanol–water partition coefficient (Wildman–Crippen LogP) is -0.318. The van der Waals surface area contributed by atoms with Gasteiger partial charge >= 0.3 is 0 Å². The van der Waals surface area contributed by atoms with Crippen LogP contribution < -0.4 is 11.3 Å². The number of nitrogens with zero attached hydrogens (tertiary/aromatic N) is 4. The van der Waals surface area contributed by atoms with Gasteiger partial charge in [0.05, 0.1) is 12.4 Å². The lowest BCUT2D eigenvalue weighted by molar-refractivity contribution is 0.0621. The van der Waals surface area contributed by atoms with E-state index in [0.29, 0.717) is 11.5 Å². The zero-order valence-electron chi connectivity index (χ0n) is 10.7. The maximum atomic E-state index is 12.2. The van der Waals surface area contributed by atoms with Gasteiger partial charge in [-0.25, -0.2) is 15.8 Å². The van der Waals surface area contributed by atoms with Crippen LogP contribution in [0.4, 0.5) is 5.82 Å². The average molecular weight is 262 g/mol. The number of hydrazine groups is 1. The number of anilines is 1. The molecule has 2 fully saturated rings. The molecule has 0 radical (unpaired) electrons. The molecular formula is C12H18N6O. The normalized spacial score (nSPS) is 20.4. The molecule has 0 spiro atoms. The van der Waals surface area contributed by atoms with Gasteiger partial charge in [0.2, 0.25) is 0 Å². The first-order chi connectivity index (χ1) is 9.28. The van der Waals surface area contributed by atoms with Crippen LogP contribution in [0, 0.1) is 0 Å². The highest BCUT2D eigenvalue weighted by molar-refractivity contribution is 5.92. The molecule has 2 heterocycles. The van der Waals surface area contributed by atoms with Crippen LogP contribution in [0.15, 0.2) is 12.4 Å². The van der Waals surface area contributed by atoms with Crippen molar-refractivity contribution in [2.75, 3.05) is 31.6 Å². The van der Waals surface area contributed by atoms with Crippen molar-refractivity contribution >= 4 is 11.7 Å². The summed E-state index contributed by atoms with van der Waals surface area (Å²) in [7, 11) is 0. The number of rotatable bonds is 3. The molecule has 1 aromatic heterocycles. The van der Waals surface area contributed by atoms with Crippen molar-refractivity contribution in [3.8, 4) is 0 Å². The molecule has 1 aromatic rings. The number of nitrogens with one attached hydrogen (secondary N) is 1. The highest BCUT2D eigenvalue weighted by Crippen LogP contribution is 2.27. The maximum absolute atomic E-state index is 12.2. The standard InChI is InChI=1S/C12H18N6O/c13-16-11-8-14-10(7-15-11)12(19)18-5-3-17(4-6-18)9-1-2-9/h7-9H,1-6,13H2,(H,15,16). The van der Waals surface area contributed by atoms with Crippen LogP contribution in [0.2, 0.25) is 0 Å². The molecule has 3 rings (SSSR count). The van der Waals surface area contributed by atoms with Crippen LogP contribution in [-0.2, 0) is 0 Å². The SMILES string of the molecule is NNc1cnc(C(=O)N2CCN(C3CC3)CC2)cn1. The van der Waals surface area contributed by atoms with E-state index in [-0.39, 0.29) is 5.91 Å². The van der Waals surface area contributed by atoms with Gasteiger partial charge in [-0.05, 0) is 12.8 Å². The second-order valence-corrected chi connectivity index (χ2v) is 4.99. The number of carbonyl (C=O) groups is 1. The monoisotopic (exact) mass is 262 g/mol. The fourth-order valence-electron chi connectivity index (χ4n) is 2.40. The number of hydrogen-bond donors (Lipinski definition) is 2. The van der Waals surface area contributed by atoms with Gasteiger partial charge in [-0.3, -0.25) is 9.69 Å². The van der Waals surface area contributed by atoms with Gasteiger partial charge < -0.3 is 10.3 Å². The molecule has 1 aliphatic heterocycles. The predicted molar refractivity (Wildman–Crippen MR) is 70.3 cm³/mol. The van der Waals surface area contributed by atoms with Crippen molar-refractivity contribution in [2.24, 2.45) is 5.84 Å². The summed E-state index contributed by atoms with van der Waals surface area (Å²) in [6.07, 6.45) is 5.55. The molecule has 102 valence electrons. The van der Waals surface area contributed by atoms with Gasteiger partial charge in [-0.15, -0.1) is 0 Å². The molecule has 19 heavy (non-hydrogen) atoms. The summed E-state index contributed by atoms with van der Waals surface area (Å²) in [5, 5.41) is 0. The van der Waals surface area contributed by atoms with Gasteiger partial charge in [-0.1, -0.05) is 0 Å². The first-order valence-corrected chi connectivity index (χ1v) is 6.60. The van der Waals surface area contributed by atoms with Crippen molar-refractivity contribution in [2.45, 2.75) is 18.9 Å². The fourth-order valence-corrected chi connectivity index (χ4v) is 2.40. The van der Waals surface area contributed by atoms with E-state index in [2.05, 4.69) is 20.3 Å². The first kappa shape index (κ1) is 12.3. The summed E-state index contributed by atoms with van der Waals surface area (Å²) in [5.74, 6) is 5.62. The lowest BCUT2D eigenvalue weighted by Crippen LogP contribution is -2.49. The van der Waals surface area contributed by atoms with Crippen molar-refractivity contribution in [1.29, 1.82) is 0 Å². The lowest BCUT2D eigenvalue weighted by Gasteiger charge is -2.34. The van der Waals surface area contributed by atoms with Crippen LogP contribution >= 0.6 is 0 Å². The maximum Gasteiger partial charge on any atom is 0.274 e. The molecule has 1 saturated heterocycles. The molecule has 3 N–H and O–H groups in total. The van der Waals surface area contributed by atoms with E-state index in [9.17, 15) is 4.79 Å². The number of amides is 1. The minimum Gasteiger partial charge on any atom is -0.335 e. The molecule has 0 bridgehead atoms. The number of hydrogen-bond acceptors (Lipinski definition) is 6. The highest BCUT2D eigenvalue weighted by atomic mass is 16.2. The Hall–Kier alpha value is -1.73. The van der Waals surface area contributed by atoms with Gasteiger partial charge in [0.15, 0.2) is 5.82 Å². The molecule has 2 aliphatic rings. The Kier molecular flexibility index (Phi) is 3.31. The van der Waals surface area contributed by atoms with Gasteiger partial charge in [0.25, 0.3) is 5.91 Å². The van der Waals surface area contributed by atoms with Crippen LogP contribution in [0.3, 0.4) is 0 Å². The highest BCUT2D eigenvalue weighted by Gasteiger charge is 2.32. The van der Waals surface area contributed by atoms with Crippen molar-refractivity contribution in [3.63, 3.8) is 0 Å². The Balaban J connectivity index is 1.60. The molecule has 7 heteroatoms. The molecule has 0 atom stereocenters. The third kappa shape index (κ3) is 2.66. The van der Waals surface area contributed by atoms with E-state index in [1.54, 1.807) is 0 Å². The van der Waals surface area contributed by atoms with E-state index < -0.39 is 0 Å². The van der Waals surface area contributed by atoms with E-state index in [1.807, 2.05) is 4.90 Å². The Morgan fingerprint density at radius 3 is 2.47 bits per heavy atom. The van der Waals surface area contributed by atoms with Crippen LogP contribution in [0.5, 0.6) is 0 Å². The van der Waals surface area contributed by atoms with E-state index in [4.69, 9.17) is 5.84 Å². The van der Waals surface area contributed by atoms with Crippen molar-refractivity contribution < 1.29 is 4.79 Å². The molecule has 1 amide bonds. The van der Waals surface area contributed by atoms with Crippen LogP contribution in [0.25, 0.3) is 0 Å². The van der Waals surface area contributed by atoms with Crippen LogP contribution in [0.1, 0.15) is 23.3 Å². The first-order valence-electron chi connectivity index (χ1n) is 6.60. The summed E-state index contributed by atoms with van der Waals surface area (Å²) in [6.45, 7) is 3.47. The van der Waals surface area contributed by atoms with Crippen LogP contribution in [-0.4, -0.2) is 57.9 Å². The van der Waals surface area contributed by atoms with Gasteiger partial charge in [0, 0.05) is 32.2 Å². The third-order valence-corrected chi connectivity index (χ3v) is 3.68. The van der Waals surface area contributed by atoms with Crippen molar-refractivity contribution in [3.05, 3.63) is 18.1 Å². The second kappa shape index (κ2) is 5.10. The molecule has 1 aliphatic carbocycles. The topological polar surface area (TPSA) is 87.4 Å². The second-order valence-electron chi connectivity index (χ2n) is 4.99. The van der Waals surface area contributed by atoms with Gasteiger partial charge in [0.1, 0.15) is 5.69 Å². The van der Waals surface area contributed by atoms with E-state index in [1.165, 1.54) is 25.2 Å². The molecule has 0 aromatic carbocycles. The lowest BCUT2D eigenvalue weighted by atomic mass is 10.2. The quantitative estimate of drug-likeness (QED) is 0.573. The van der Waals surface area contributed by atoms with E-state index in [0.717, 1.165) is 32.2 Å². The summed E-state index contributed by atoms with van der Waals surface area (Å²) in [4.78, 5) is 24.7. The minimum atomic E-state index is -0.0495. The molecule has 0 unspecified atom stereocenters. The number of piperazine rings is 1. The molecule has 7 nitrogen and oxygen atoms in total. The van der Waals surface area contributed by atoms with Gasteiger partial charge in [-0.2, -0.15) is 0 Å². The smallest absolute Gasteiger partial charge is 0.274 e. The molecule has 1 saturated carbocycles. The van der Waals surface area contributed by atoms with E-state index >= 15 is 0 Å². The fraction of sp³-hybridized carbons (Fsp3) is 0.583. The Morgan fingerprint density at radius 2 is 1.95 bits per heavy atom. The summed E-state index contributed by atoms with van der Waals surface area (Å²) < 4.78 is 0. The molecular weight excluding hydrogens is 244 g/mol. The summed E-state index contributed by atoms with van der Waals surface area (Å²) in [6, 6.07) is 0.770. The average Bonchev–Trinajstić information content (AvgIpc) is 3.31.